The van der Waals surface area contributed by atoms with Gasteiger partial charge in [0.2, 0.25) is 0 Å². The van der Waals surface area contributed by atoms with Crippen LogP contribution in [0.15, 0.2) is 12.1 Å². The summed E-state index contributed by atoms with van der Waals surface area (Å²) >= 11 is 5.18. The van der Waals surface area contributed by atoms with E-state index in [4.69, 9.17) is 16.9 Å². The molecule has 0 saturated carbocycles. The Balaban J connectivity index is 3.44. The molecule has 0 atom stereocenters. The van der Waals surface area contributed by atoms with Gasteiger partial charge >= 0.3 is 6.18 Å². The summed E-state index contributed by atoms with van der Waals surface area (Å²) in [6.45, 7) is 0. The lowest BCUT2D eigenvalue weighted by molar-refractivity contribution is -0.140. The van der Waals surface area contributed by atoms with Crippen molar-refractivity contribution in [3.05, 3.63) is 34.1 Å². The topological polar surface area (TPSA) is 23.8 Å². The lowest BCUT2D eigenvalue weighted by Crippen LogP contribution is -2.08. The Morgan fingerprint density at radius 2 is 1.86 bits per heavy atom. The molecule has 0 spiro atoms. The van der Waals surface area contributed by atoms with E-state index in [1.807, 2.05) is 0 Å². The van der Waals surface area contributed by atoms with Crippen LogP contribution in [0.4, 0.5) is 17.6 Å². The molecule has 1 aromatic carbocycles. The molecule has 0 saturated heterocycles. The van der Waals surface area contributed by atoms with E-state index in [2.05, 4.69) is 0 Å². The van der Waals surface area contributed by atoms with Crippen LogP contribution in [-0.4, -0.2) is 0 Å². The van der Waals surface area contributed by atoms with Crippen LogP contribution in [0.1, 0.15) is 11.1 Å². The fourth-order valence-corrected chi connectivity index (χ4v) is 1.08. The molecule has 0 aromatic heterocycles. The largest absolute Gasteiger partial charge is 0.419 e. The van der Waals surface area contributed by atoms with Gasteiger partial charge in [0.05, 0.1) is 22.2 Å². The maximum absolute atomic E-state index is 12.9. The number of hydrogen-bond acceptors (Lipinski definition) is 1. The molecule has 1 rings (SSSR count). The van der Waals surface area contributed by atoms with E-state index in [1.165, 1.54) is 6.07 Å². The summed E-state index contributed by atoms with van der Waals surface area (Å²) < 4.78 is 49.3. The Bertz CT molecular complexity index is 405. The SMILES string of the molecule is N#Cc1cc(Cl)c(F)c(C(F)(F)F)c1. The Labute approximate surface area is 81.5 Å². The zero-order chi connectivity index (χ0) is 10.9. The van der Waals surface area contributed by atoms with E-state index in [0.717, 1.165) is 6.07 Å². The third kappa shape index (κ3) is 1.96. The molecule has 0 radical (unpaired) electrons. The molecule has 0 fully saturated rings. The Morgan fingerprint density at radius 1 is 1.29 bits per heavy atom. The predicted molar refractivity (Wildman–Crippen MR) is 41.1 cm³/mol. The van der Waals surface area contributed by atoms with E-state index in [1.54, 1.807) is 0 Å². The number of halogens is 5. The third-order valence-corrected chi connectivity index (χ3v) is 1.74. The quantitative estimate of drug-likeness (QED) is 0.619. The molecule has 0 heterocycles. The first-order chi connectivity index (χ1) is 6.36. The Hall–Kier alpha value is -1.28. The van der Waals surface area contributed by atoms with Gasteiger partial charge in [0.15, 0.2) is 5.82 Å². The first-order valence-electron chi connectivity index (χ1n) is 3.32. The predicted octanol–water partition coefficient (Wildman–Crippen LogP) is 3.37. The van der Waals surface area contributed by atoms with Crippen LogP contribution >= 0.6 is 11.6 Å². The maximum atomic E-state index is 12.9. The molecule has 74 valence electrons. The number of alkyl halides is 3. The van der Waals surface area contributed by atoms with Crippen LogP contribution in [0, 0.1) is 17.1 Å². The lowest BCUT2D eigenvalue weighted by Gasteiger charge is -2.08. The summed E-state index contributed by atoms with van der Waals surface area (Å²) in [5.74, 6) is -1.56. The second-order valence-electron chi connectivity index (χ2n) is 2.43. The van der Waals surface area contributed by atoms with Gasteiger partial charge in [-0.05, 0) is 12.1 Å². The van der Waals surface area contributed by atoms with E-state index < -0.39 is 22.6 Å². The van der Waals surface area contributed by atoms with E-state index >= 15 is 0 Å². The average Bonchev–Trinajstić information content (AvgIpc) is 2.07. The number of nitriles is 1. The number of nitrogens with zero attached hydrogens (tertiary/aromatic N) is 1. The number of benzene rings is 1. The van der Waals surface area contributed by atoms with Crippen molar-refractivity contribution in [3.8, 4) is 6.07 Å². The van der Waals surface area contributed by atoms with Gasteiger partial charge < -0.3 is 0 Å². The van der Waals surface area contributed by atoms with Crippen molar-refractivity contribution >= 4 is 11.6 Å². The van der Waals surface area contributed by atoms with Crippen molar-refractivity contribution in [3.63, 3.8) is 0 Å². The Morgan fingerprint density at radius 3 is 2.29 bits per heavy atom. The van der Waals surface area contributed by atoms with Gasteiger partial charge in [0.25, 0.3) is 0 Å². The molecule has 0 bridgehead atoms. The van der Waals surface area contributed by atoms with E-state index in [0.29, 0.717) is 6.07 Å². The van der Waals surface area contributed by atoms with Crippen LogP contribution < -0.4 is 0 Å². The lowest BCUT2D eigenvalue weighted by atomic mass is 10.1. The summed E-state index contributed by atoms with van der Waals surface area (Å²) in [6.07, 6.45) is -4.85. The highest BCUT2D eigenvalue weighted by Crippen LogP contribution is 2.34. The van der Waals surface area contributed by atoms with Gasteiger partial charge in [-0.15, -0.1) is 0 Å². The summed E-state index contributed by atoms with van der Waals surface area (Å²) in [5, 5.41) is 7.63. The third-order valence-electron chi connectivity index (χ3n) is 1.46. The van der Waals surface area contributed by atoms with Crippen molar-refractivity contribution < 1.29 is 17.6 Å². The van der Waals surface area contributed by atoms with Crippen molar-refractivity contribution in [1.82, 2.24) is 0 Å². The van der Waals surface area contributed by atoms with Gasteiger partial charge in [0, 0.05) is 0 Å². The standard InChI is InChI=1S/C8H2ClF4N/c9-6-2-4(3-14)1-5(7(6)10)8(11,12)13/h1-2H. The first-order valence-corrected chi connectivity index (χ1v) is 3.70. The zero-order valence-corrected chi connectivity index (χ0v) is 7.25. The highest BCUT2D eigenvalue weighted by Gasteiger charge is 2.35. The van der Waals surface area contributed by atoms with Crippen LogP contribution in [-0.2, 0) is 6.18 Å². The highest BCUT2D eigenvalue weighted by molar-refractivity contribution is 6.30. The zero-order valence-electron chi connectivity index (χ0n) is 6.49. The minimum Gasteiger partial charge on any atom is -0.205 e. The van der Waals surface area contributed by atoms with Crippen LogP contribution in [0.3, 0.4) is 0 Å². The molecule has 0 aliphatic heterocycles. The normalized spacial score (nSPS) is 11.1. The Kier molecular flexibility index (Phi) is 2.67. The maximum Gasteiger partial charge on any atom is 0.419 e. The molecule has 0 aliphatic carbocycles. The molecule has 1 nitrogen and oxygen atoms in total. The van der Waals surface area contributed by atoms with Crippen molar-refractivity contribution in [1.29, 1.82) is 5.26 Å². The molecule has 1 aromatic rings. The summed E-state index contributed by atoms with van der Waals surface area (Å²) in [7, 11) is 0. The van der Waals surface area contributed by atoms with Crippen LogP contribution in [0.5, 0.6) is 0 Å². The summed E-state index contributed by atoms with van der Waals surface area (Å²) in [5.41, 5.74) is -1.86. The van der Waals surface area contributed by atoms with Gasteiger partial charge in [-0.1, -0.05) is 11.6 Å². The minimum absolute atomic E-state index is 0.330. The van der Waals surface area contributed by atoms with Crippen LogP contribution in [0.2, 0.25) is 5.02 Å². The fraction of sp³-hybridized carbons (Fsp3) is 0.125. The van der Waals surface area contributed by atoms with Crippen molar-refractivity contribution in [2.24, 2.45) is 0 Å². The smallest absolute Gasteiger partial charge is 0.205 e. The number of hydrogen-bond donors (Lipinski definition) is 0. The van der Waals surface area contributed by atoms with Gasteiger partial charge in [0.1, 0.15) is 0 Å². The van der Waals surface area contributed by atoms with Crippen molar-refractivity contribution in [2.45, 2.75) is 6.18 Å². The highest BCUT2D eigenvalue weighted by atomic mass is 35.5. The molecule has 0 unspecified atom stereocenters. The second-order valence-corrected chi connectivity index (χ2v) is 2.84. The van der Waals surface area contributed by atoms with Crippen LogP contribution in [0.25, 0.3) is 0 Å². The monoisotopic (exact) mass is 223 g/mol. The molecule has 6 heteroatoms. The molecule has 0 aliphatic rings. The van der Waals surface area contributed by atoms with E-state index in [-0.39, 0.29) is 5.56 Å². The van der Waals surface area contributed by atoms with Gasteiger partial charge in [-0.3, -0.25) is 0 Å². The first kappa shape index (κ1) is 10.8. The number of rotatable bonds is 0. The minimum atomic E-state index is -4.85. The van der Waals surface area contributed by atoms with Gasteiger partial charge in [-0.25, -0.2) is 4.39 Å². The fourth-order valence-electron chi connectivity index (χ4n) is 0.860. The van der Waals surface area contributed by atoms with Crippen molar-refractivity contribution in [2.75, 3.05) is 0 Å². The second kappa shape index (κ2) is 3.46. The summed E-state index contributed by atoms with van der Waals surface area (Å²) in [4.78, 5) is 0. The van der Waals surface area contributed by atoms with E-state index in [9.17, 15) is 17.6 Å². The molecule has 14 heavy (non-hydrogen) atoms. The molecule has 0 amide bonds. The average molecular weight is 224 g/mol. The molecular formula is C8H2ClF4N. The van der Waals surface area contributed by atoms with Gasteiger partial charge in [-0.2, -0.15) is 18.4 Å². The molecule has 0 N–H and O–H groups in total. The molecular weight excluding hydrogens is 222 g/mol. The summed E-state index contributed by atoms with van der Waals surface area (Å²) in [6, 6.07) is 2.71.